The number of rotatable bonds is 2. The molecular formula is C15H26O. The minimum absolute atomic E-state index is 0.151. The van der Waals surface area contributed by atoms with Crippen LogP contribution in [0.2, 0.25) is 0 Å². The van der Waals surface area contributed by atoms with Crippen LogP contribution in [0.25, 0.3) is 0 Å². The second kappa shape index (κ2) is 5.86. The van der Waals surface area contributed by atoms with Gasteiger partial charge in [0.2, 0.25) is 0 Å². The van der Waals surface area contributed by atoms with E-state index in [4.69, 9.17) is 0 Å². The molecule has 0 aromatic rings. The van der Waals surface area contributed by atoms with E-state index in [1.165, 1.54) is 51.4 Å². The Bertz CT molecular complexity index is 236. The molecule has 1 fully saturated rings. The molecule has 0 heterocycles. The lowest BCUT2D eigenvalue weighted by atomic mass is 9.76. The van der Waals surface area contributed by atoms with E-state index in [2.05, 4.69) is 13.0 Å². The van der Waals surface area contributed by atoms with E-state index in [0.29, 0.717) is 0 Å². The Hall–Kier alpha value is -0.300. The topological polar surface area (TPSA) is 20.2 Å². The van der Waals surface area contributed by atoms with Crippen LogP contribution in [0, 0.1) is 11.8 Å². The summed E-state index contributed by atoms with van der Waals surface area (Å²) in [6.07, 6.45) is 13.7. The average molecular weight is 222 g/mol. The van der Waals surface area contributed by atoms with Gasteiger partial charge in [0, 0.05) is 0 Å². The molecule has 2 aliphatic carbocycles. The molecule has 1 saturated carbocycles. The van der Waals surface area contributed by atoms with Crippen LogP contribution in [0.1, 0.15) is 64.7 Å². The highest BCUT2D eigenvalue weighted by Crippen LogP contribution is 2.37. The SMILES string of the molecule is CCC1CCC(C2=CC(O)CCCC2)CC1. The molecule has 0 amide bonds. The van der Waals surface area contributed by atoms with E-state index in [1.54, 1.807) is 5.57 Å². The van der Waals surface area contributed by atoms with Gasteiger partial charge in [0.1, 0.15) is 0 Å². The van der Waals surface area contributed by atoms with E-state index in [-0.39, 0.29) is 6.10 Å². The monoisotopic (exact) mass is 222 g/mol. The summed E-state index contributed by atoms with van der Waals surface area (Å²) in [4.78, 5) is 0. The van der Waals surface area contributed by atoms with Gasteiger partial charge in [-0.15, -0.1) is 0 Å². The summed E-state index contributed by atoms with van der Waals surface area (Å²) in [6.45, 7) is 2.32. The molecule has 0 saturated heterocycles. The van der Waals surface area contributed by atoms with Crippen molar-refractivity contribution in [3.63, 3.8) is 0 Å². The van der Waals surface area contributed by atoms with E-state index in [9.17, 15) is 5.11 Å². The first-order chi connectivity index (χ1) is 7.79. The molecule has 16 heavy (non-hydrogen) atoms. The van der Waals surface area contributed by atoms with Gasteiger partial charge in [-0.1, -0.05) is 31.4 Å². The number of hydrogen-bond donors (Lipinski definition) is 1. The van der Waals surface area contributed by atoms with Gasteiger partial charge in [0.05, 0.1) is 6.10 Å². The molecule has 1 unspecified atom stereocenters. The predicted octanol–water partition coefficient (Wildman–Crippen LogP) is 4.06. The van der Waals surface area contributed by atoms with E-state index >= 15 is 0 Å². The molecule has 0 bridgehead atoms. The van der Waals surface area contributed by atoms with Crippen LogP contribution >= 0.6 is 0 Å². The van der Waals surface area contributed by atoms with E-state index in [0.717, 1.165) is 18.3 Å². The Morgan fingerprint density at radius 2 is 1.88 bits per heavy atom. The highest BCUT2D eigenvalue weighted by atomic mass is 16.3. The van der Waals surface area contributed by atoms with E-state index < -0.39 is 0 Å². The predicted molar refractivity (Wildman–Crippen MR) is 68.3 cm³/mol. The number of aliphatic hydroxyl groups is 1. The minimum atomic E-state index is -0.151. The molecule has 0 aliphatic heterocycles. The molecule has 1 heteroatoms. The molecule has 2 aliphatic rings. The van der Waals surface area contributed by atoms with Crippen molar-refractivity contribution in [2.45, 2.75) is 70.8 Å². The van der Waals surface area contributed by atoms with Gasteiger partial charge in [-0.3, -0.25) is 0 Å². The van der Waals surface area contributed by atoms with Gasteiger partial charge >= 0.3 is 0 Å². The zero-order chi connectivity index (χ0) is 11.4. The largest absolute Gasteiger partial charge is 0.389 e. The zero-order valence-electron chi connectivity index (χ0n) is 10.6. The van der Waals surface area contributed by atoms with Gasteiger partial charge in [-0.05, 0) is 56.8 Å². The van der Waals surface area contributed by atoms with Gasteiger partial charge < -0.3 is 5.11 Å². The number of hydrogen-bond acceptors (Lipinski definition) is 1. The fourth-order valence-corrected chi connectivity index (χ4v) is 3.38. The second-order valence-electron chi connectivity index (χ2n) is 5.68. The van der Waals surface area contributed by atoms with Gasteiger partial charge in [0.15, 0.2) is 0 Å². The third kappa shape index (κ3) is 3.10. The third-order valence-corrected chi connectivity index (χ3v) is 4.57. The first kappa shape index (κ1) is 12.2. The summed E-state index contributed by atoms with van der Waals surface area (Å²) in [5.74, 6) is 1.78. The fourth-order valence-electron chi connectivity index (χ4n) is 3.38. The Morgan fingerprint density at radius 1 is 1.12 bits per heavy atom. The molecule has 1 atom stereocenters. The fraction of sp³-hybridized carbons (Fsp3) is 0.867. The Kier molecular flexibility index (Phi) is 4.45. The molecule has 0 radical (unpaired) electrons. The smallest absolute Gasteiger partial charge is 0.0723 e. The van der Waals surface area contributed by atoms with E-state index in [1.807, 2.05) is 0 Å². The van der Waals surface area contributed by atoms with Crippen LogP contribution in [0.15, 0.2) is 11.6 Å². The Balaban J connectivity index is 1.92. The Morgan fingerprint density at radius 3 is 2.56 bits per heavy atom. The minimum Gasteiger partial charge on any atom is -0.389 e. The Labute approximate surface area is 99.9 Å². The lowest BCUT2D eigenvalue weighted by Crippen LogP contribution is -2.16. The summed E-state index contributed by atoms with van der Waals surface area (Å²) < 4.78 is 0. The highest BCUT2D eigenvalue weighted by molar-refractivity contribution is 5.11. The maximum Gasteiger partial charge on any atom is 0.0723 e. The lowest BCUT2D eigenvalue weighted by molar-refractivity contribution is 0.209. The molecule has 0 aromatic carbocycles. The van der Waals surface area contributed by atoms with Crippen molar-refractivity contribution in [1.29, 1.82) is 0 Å². The zero-order valence-corrected chi connectivity index (χ0v) is 10.6. The first-order valence-corrected chi connectivity index (χ1v) is 7.18. The molecule has 92 valence electrons. The molecule has 1 N–H and O–H groups in total. The van der Waals surface area contributed by atoms with Gasteiger partial charge in [-0.25, -0.2) is 0 Å². The first-order valence-electron chi connectivity index (χ1n) is 7.18. The van der Waals surface area contributed by atoms with Crippen molar-refractivity contribution in [1.82, 2.24) is 0 Å². The average Bonchev–Trinajstić information content (AvgIpc) is 2.54. The maximum atomic E-state index is 9.81. The van der Waals surface area contributed by atoms with Crippen LogP contribution < -0.4 is 0 Å². The van der Waals surface area contributed by atoms with Crippen molar-refractivity contribution >= 4 is 0 Å². The number of aliphatic hydroxyl groups excluding tert-OH is 1. The van der Waals surface area contributed by atoms with Crippen molar-refractivity contribution in [2.75, 3.05) is 0 Å². The maximum absolute atomic E-state index is 9.81. The standard InChI is InChI=1S/C15H26O/c1-2-12-7-9-13(10-8-12)14-5-3-4-6-15(16)11-14/h11-13,15-16H,2-10H2,1H3. The lowest BCUT2D eigenvalue weighted by Gasteiger charge is -2.29. The summed E-state index contributed by atoms with van der Waals surface area (Å²) in [5, 5.41) is 9.81. The summed E-state index contributed by atoms with van der Waals surface area (Å²) >= 11 is 0. The summed E-state index contributed by atoms with van der Waals surface area (Å²) in [6, 6.07) is 0. The molecule has 0 spiro atoms. The summed E-state index contributed by atoms with van der Waals surface area (Å²) in [7, 11) is 0. The molecule has 2 rings (SSSR count). The van der Waals surface area contributed by atoms with Crippen LogP contribution in [0.4, 0.5) is 0 Å². The van der Waals surface area contributed by atoms with Crippen molar-refractivity contribution in [3.05, 3.63) is 11.6 Å². The van der Waals surface area contributed by atoms with Crippen molar-refractivity contribution in [2.24, 2.45) is 11.8 Å². The molecular weight excluding hydrogens is 196 g/mol. The van der Waals surface area contributed by atoms with Crippen LogP contribution in [-0.4, -0.2) is 11.2 Å². The summed E-state index contributed by atoms with van der Waals surface area (Å²) in [5.41, 5.74) is 1.58. The highest BCUT2D eigenvalue weighted by Gasteiger charge is 2.24. The van der Waals surface area contributed by atoms with Gasteiger partial charge in [-0.2, -0.15) is 0 Å². The van der Waals surface area contributed by atoms with Crippen molar-refractivity contribution < 1.29 is 5.11 Å². The second-order valence-corrected chi connectivity index (χ2v) is 5.68. The molecule has 0 aromatic heterocycles. The molecule has 1 nitrogen and oxygen atoms in total. The quantitative estimate of drug-likeness (QED) is 0.698. The van der Waals surface area contributed by atoms with Crippen LogP contribution in [0.3, 0.4) is 0 Å². The van der Waals surface area contributed by atoms with Crippen molar-refractivity contribution in [3.8, 4) is 0 Å². The normalized spacial score (nSPS) is 36.6. The van der Waals surface area contributed by atoms with Crippen LogP contribution in [0.5, 0.6) is 0 Å². The van der Waals surface area contributed by atoms with Gasteiger partial charge in [0.25, 0.3) is 0 Å². The number of allylic oxidation sites excluding steroid dienone is 1. The van der Waals surface area contributed by atoms with Crippen LogP contribution in [-0.2, 0) is 0 Å². The third-order valence-electron chi connectivity index (χ3n) is 4.57.